The predicted molar refractivity (Wildman–Crippen MR) is 236 cm³/mol. The van der Waals surface area contributed by atoms with Crippen LogP contribution in [0.5, 0.6) is 0 Å². The van der Waals surface area contributed by atoms with Gasteiger partial charge in [0.15, 0.2) is 17.5 Å². The second kappa shape index (κ2) is 13.6. The highest BCUT2D eigenvalue weighted by Crippen LogP contribution is 2.39. The van der Waals surface area contributed by atoms with E-state index < -0.39 is 0 Å². The van der Waals surface area contributed by atoms with E-state index >= 15 is 0 Å². The van der Waals surface area contributed by atoms with Gasteiger partial charge in [-0.05, 0) is 98.4 Å². The molecule has 11 aromatic rings. The van der Waals surface area contributed by atoms with E-state index in [1.54, 1.807) is 0 Å². The number of fused-ring (bicyclic) bond motifs is 6. The standard InChI is InChI=1S/C53H34N4/c1-4-12-35(13-5-1)39-20-21-41-33-42(23-22-40(41)32-39)43-26-30-46-44(34-43)27-31-49-50(46)47-18-10-11-19-48(47)57(49)45-28-24-38(25-29-45)53-55-51(36-14-6-2-7-15-36)54-52(56-53)37-16-8-3-9-17-37/h1-34H. The van der Waals surface area contributed by atoms with Crippen molar-refractivity contribution >= 4 is 43.4 Å². The number of para-hydroxylation sites is 1. The molecule has 0 N–H and O–H groups in total. The summed E-state index contributed by atoms with van der Waals surface area (Å²) in [6, 6.07) is 73.0. The van der Waals surface area contributed by atoms with Crippen LogP contribution in [0.3, 0.4) is 0 Å². The first-order valence-electron chi connectivity index (χ1n) is 19.3. The predicted octanol–water partition coefficient (Wildman–Crippen LogP) is 13.6. The Morgan fingerprint density at radius 3 is 1.32 bits per heavy atom. The average Bonchev–Trinajstić information content (AvgIpc) is 3.64. The van der Waals surface area contributed by atoms with Crippen LogP contribution in [0.1, 0.15) is 0 Å². The molecule has 0 spiro atoms. The van der Waals surface area contributed by atoms with Crippen LogP contribution in [0.25, 0.3) is 105 Å². The Morgan fingerprint density at radius 1 is 0.281 bits per heavy atom. The largest absolute Gasteiger partial charge is 0.309 e. The molecule has 2 heterocycles. The lowest BCUT2D eigenvalue weighted by Crippen LogP contribution is -2.00. The Labute approximate surface area is 330 Å². The number of benzene rings is 9. The summed E-state index contributed by atoms with van der Waals surface area (Å²) in [4.78, 5) is 14.8. The molecule has 0 atom stereocenters. The van der Waals surface area contributed by atoms with E-state index in [4.69, 9.17) is 15.0 Å². The molecule has 266 valence electrons. The lowest BCUT2D eigenvalue weighted by molar-refractivity contribution is 1.07. The molecule has 2 aromatic heterocycles. The molecule has 4 nitrogen and oxygen atoms in total. The van der Waals surface area contributed by atoms with Crippen molar-refractivity contribution in [1.29, 1.82) is 0 Å². The van der Waals surface area contributed by atoms with Gasteiger partial charge < -0.3 is 4.57 Å². The maximum Gasteiger partial charge on any atom is 0.164 e. The summed E-state index contributed by atoms with van der Waals surface area (Å²) in [5.74, 6) is 1.94. The molecule has 0 fully saturated rings. The highest BCUT2D eigenvalue weighted by molar-refractivity contribution is 6.21. The van der Waals surface area contributed by atoms with Gasteiger partial charge in [-0.2, -0.15) is 0 Å². The summed E-state index contributed by atoms with van der Waals surface area (Å²) in [5, 5.41) is 7.42. The molecule has 9 aromatic carbocycles. The Hall–Kier alpha value is -7.69. The molecule has 0 aliphatic carbocycles. The summed E-state index contributed by atoms with van der Waals surface area (Å²) in [5.41, 5.74) is 11.1. The minimum atomic E-state index is 0.640. The molecule has 0 radical (unpaired) electrons. The first-order valence-corrected chi connectivity index (χ1v) is 19.3. The molecule has 4 heteroatoms. The molecule has 0 saturated carbocycles. The van der Waals surface area contributed by atoms with E-state index in [9.17, 15) is 0 Å². The summed E-state index contributed by atoms with van der Waals surface area (Å²) < 4.78 is 2.37. The normalized spacial score (nSPS) is 11.5. The van der Waals surface area contributed by atoms with Crippen molar-refractivity contribution in [2.45, 2.75) is 0 Å². The van der Waals surface area contributed by atoms with Crippen LogP contribution in [-0.4, -0.2) is 19.5 Å². The summed E-state index contributed by atoms with van der Waals surface area (Å²) in [6.07, 6.45) is 0. The Morgan fingerprint density at radius 2 is 0.719 bits per heavy atom. The first kappa shape index (κ1) is 32.7. The van der Waals surface area contributed by atoms with E-state index in [-0.39, 0.29) is 0 Å². The van der Waals surface area contributed by atoms with Gasteiger partial charge in [0.25, 0.3) is 0 Å². The van der Waals surface area contributed by atoms with E-state index in [0.29, 0.717) is 17.5 Å². The summed E-state index contributed by atoms with van der Waals surface area (Å²) >= 11 is 0. The molecule has 0 aliphatic heterocycles. The molecule has 0 bridgehead atoms. The van der Waals surface area contributed by atoms with Gasteiger partial charge in [-0.3, -0.25) is 0 Å². The smallest absolute Gasteiger partial charge is 0.164 e. The third kappa shape index (κ3) is 5.83. The van der Waals surface area contributed by atoms with Crippen molar-refractivity contribution in [2.24, 2.45) is 0 Å². The Bertz CT molecular complexity index is 3200. The molecule has 0 saturated heterocycles. The number of hydrogen-bond acceptors (Lipinski definition) is 3. The fourth-order valence-electron chi connectivity index (χ4n) is 8.19. The SMILES string of the molecule is c1ccc(-c2ccc3cc(-c4ccc5c(ccc6c5c5ccccc5n6-c5ccc(-c6nc(-c7ccccc7)nc(-c7ccccc7)n6)cc5)c4)ccc3c2)cc1. The van der Waals surface area contributed by atoms with Gasteiger partial charge in [-0.15, -0.1) is 0 Å². The third-order valence-electron chi connectivity index (χ3n) is 11.0. The molecule has 0 unspecified atom stereocenters. The van der Waals surface area contributed by atoms with Gasteiger partial charge in [-0.1, -0.05) is 152 Å². The van der Waals surface area contributed by atoms with Gasteiger partial charge in [0, 0.05) is 33.2 Å². The van der Waals surface area contributed by atoms with Gasteiger partial charge in [0.05, 0.1) is 11.0 Å². The molecular weight excluding hydrogens is 693 g/mol. The summed E-state index contributed by atoms with van der Waals surface area (Å²) in [6.45, 7) is 0. The maximum absolute atomic E-state index is 4.96. The van der Waals surface area contributed by atoms with Crippen LogP contribution in [0.4, 0.5) is 0 Å². The van der Waals surface area contributed by atoms with Crippen molar-refractivity contribution in [2.75, 3.05) is 0 Å². The zero-order chi connectivity index (χ0) is 37.7. The minimum absolute atomic E-state index is 0.640. The average molecular weight is 727 g/mol. The highest BCUT2D eigenvalue weighted by atomic mass is 15.0. The molecule has 0 aliphatic rings. The van der Waals surface area contributed by atoms with Crippen molar-refractivity contribution in [3.05, 3.63) is 206 Å². The number of hydrogen-bond donors (Lipinski definition) is 0. The van der Waals surface area contributed by atoms with Gasteiger partial charge >= 0.3 is 0 Å². The van der Waals surface area contributed by atoms with E-state index in [1.807, 2.05) is 60.7 Å². The highest BCUT2D eigenvalue weighted by Gasteiger charge is 2.17. The zero-order valence-electron chi connectivity index (χ0n) is 30.9. The topological polar surface area (TPSA) is 43.6 Å². The molecular formula is C53H34N4. The number of rotatable bonds is 6. The second-order valence-electron chi connectivity index (χ2n) is 14.5. The maximum atomic E-state index is 4.96. The van der Waals surface area contributed by atoms with Gasteiger partial charge in [0.2, 0.25) is 0 Å². The number of nitrogens with zero attached hydrogens (tertiary/aromatic N) is 4. The number of aromatic nitrogens is 4. The van der Waals surface area contributed by atoms with Crippen molar-refractivity contribution < 1.29 is 0 Å². The Balaban J connectivity index is 0.977. The first-order chi connectivity index (χ1) is 28.2. The fraction of sp³-hybridized carbons (Fsp3) is 0. The van der Waals surface area contributed by atoms with Crippen LogP contribution < -0.4 is 0 Å². The monoisotopic (exact) mass is 726 g/mol. The minimum Gasteiger partial charge on any atom is -0.309 e. The van der Waals surface area contributed by atoms with Crippen molar-refractivity contribution in [1.82, 2.24) is 19.5 Å². The quantitative estimate of drug-likeness (QED) is 0.171. The van der Waals surface area contributed by atoms with E-state index in [1.165, 1.54) is 65.6 Å². The third-order valence-corrected chi connectivity index (χ3v) is 11.0. The summed E-state index contributed by atoms with van der Waals surface area (Å²) in [7, 11) is 0. The van der Waals surface area contributed by atoms with Crippen molar-refractivity contribution in [3.8, 4) is 62.1 Å². The van der Waals surface area contributed by atoms with Gasteiger partial charge in [0.1, 0.15) is 0 Å². The van der Waals surface area contributed by atoms with Crippen LogP contribution in [0, 0.1) is 0 Å². The van der Waals surface area contributed by atoms with Crippen molar-refractivity contribution in [3.63, 3.8) is 0 Å². The fourth-order valence-corrected chi connectivity index (χ4v) is 8.19. The molecule has 57 heavy (non-hydrogen) atoms. The van der Waals surface area contributed by atoms with Crippen LogP contribution in [-0.2, 0) is 0 Å². The van der Waals surface area contributed by atoms with E-state index in [0.717, 1.165) is 22.4 Å². The zero-order valence-corrected chi connectivity index (χ0v) is 30.9. The van der Waals surface area contributed by atoms with Crippen LogP contribution in [0.2, 0.25) is 0 Å². The van der Waals surface area contributed by atoms with Crippen LogP contribution >= 0.6 is 0 Å². The molecule has 11 rings (SSSR count). The second-order valence-corrected chi connectivity index (χ2v) is 14.5. The molecule has 0 amide bonds. The van der Waals surface area contributed by atoms with Gasteiger partial charge in [-0.25, -0.2) is 15.0 Å². The lowest BCUT2D eigenvalue weighted by atomic mass is 9.95. The lowest BCUT2D eigenvalue weighted by Gasteiger charge is -2.11. The van der Waals surface area contributed by atoms with Crippen LogP contribution in [0.15, 0.2) is 206 Å². The Kier molecular flexibility index (Phi) is 7.78. The van der Waals surface area contributed by atoms with E-state index in [2.05, 4.69) is 150 Å².